The number of amides is 1. The van der Waals surface area contributed by atoms with Crippen molar-refractivity contribution in [2.45, 2.75) is 6.54 Å². The van der Waals surface area contributed by atoms with Gasteiger partial charge in [0.05, 0.1) is 30.5 Å². The highest BCUT2D eigenvalue weighted by molar-refractivity contribution is 8.04. The van der Waals surface area contributed by atoms with Gasteiger partial charge in [-0.25, -0.2) is 4.79 Å². The zero-order valence-corrected chi connectivity index (χ0v) is 13.2. The first-order valence-corrected chi connectivity index (χ1v) is 7.90. The van der Waals surface area contributed by atoms with E-state index in [4.69, 9.17) is 4.52 Å². The molecular formula is C16H14N2O4S. The van der Waals surface area contributed by atoms with E-state index in [1.54, 1.807) is 6.07 Å². The van der Waals surface area contributed by atoms with Crippen LogP contribution in [0, 0.1) is 0 Å². The average molecular weight is 330 g/mol. The van der Waals surface area contributed by atoms with E-state index in [1.807, 2.05) is 30.3 Å². The van der Waals surface area contributed by atoms with E-state index in [2.05, 4.69) is 9.89 Å². The molecule has 0 radical (unpaired) electrons. The van der Waals surface area contributed by atoms with E-state index in [9.17, 15) is 9.59 Å². The number of ether oxygens (including phenoxy) is 1. The minimum atomic E-state index is -0.489. The van der Waals surface area contributed by atoms with Crippen LogP contribution in [-0.2, 0) is 20.9 Å². The molecule has 1 aliphatic heterocycles. The Morgan fingerprint density at radius 3 is 2.96 bits per heavy atom. The maximum absolute atomic E-state index is 12.0. The Balaban J connectivity index is 1.78. The summed E-state index contributed by atoms with van der Waals surface area (Å²) in [6.45, 7) is 0.255. The van der Waals surface area contributed by atoms with Crippen LogP contribution in [0.25, 0.3) is 11.3 Å². The number of carbonyl (C=O) groups excluding carboxylic acids is 2. The minimum Gasteiger partial charge on any atom is -0.466 e. The van der Waals surface area contributed by atoms with Gasteiger partial charge < -0.3 is 9.26 Å². The Kier molecular flexibility index (Phi) is 4.47. The number of hydrogen-bond donors (Lipinski definition) is 0. The molecule has 1 aromatic carbocycles. The SMILES string of the molecule is COC(=O)/C=C1/SCC(=O)N1Cc1cc(-c2ccccc2)on1. The number of benzene rings is 1. The van der Waals surface area contributed by atoms with Gasteiger partial charge >= 0.3 is 5.97 Å². The molecule has 3 rings (SSSR count). The van der Waals surface area contributed by atoms with Crippen LogP contribution < -0.4 is 0 Å². The molecule has 0 N–H and O–H groups in total. The molecule has 23 heavy (non-hydrogen) atoms. The van der Waals surface area contributed by atoms with Gasteiger partial charge in [0, 0.05) is 11.6 Å². The summed E-state index contributed by atoms with van der Waals surface area (Å²) in [6.07, 6.45) is 1.31. The standard InChI is InChI=1S/C16H14N2O4S/c1-21-16(20)8-15-18(14(19)10-23-15)9-12-7-13(22-17-12)11-5-3-2-4-6-11/h2-8H,9-10H2,1H3/b15-8+. The van der Waals surface area contributed by atoms with E-state index in [0.29, 0.717) is 22.2 Å². The first-order valence-electron chi connectivity index (χ1n) is 6.91. The second-order valence-electron chi connectivity index (χ2n) is 4.82. The lowest BCUT2D eigenvalue weighted by molar-refractivity contribution is -0.134. The fourth-order valence-electron chi connectivity index (χ4n) is 2.15. The van der Waals surface area contributed by atoms with E-state index < -0.39 is 5.97 Å². The monoisotopic (exact) mass is 330 g/mol. The Hall–Kier alpha value is -2.54. The number of rotatable bonds is 4. The fourth-order valence-corrected chi connectivity index (χ4v) is 3.08. The zero-order chi connectivity index (χ0) is 16.2. The van der Waals surface area contributed by atoms with Gasteiger partial charge in [-0.1, -0.05) is 47.3 Å². The molecule has 1 fully saturated rings. The van der Waals surface area contributed by atoms with Gasteiger partial charge in [0.25, 0.3) is 0 Å². The number of thioether (sulfide) groups is 1. The third-order valence-corrected chi connectivity index (χ3v) is 4.32. The predicted octanol–water partition coefficient (Wildman–Crippen LogP) is 2.43. The Morgan fingerprint density at radius 1 is 1.43 bits per heavy atom. The maximum atomic E-state index is 12.0. The van der Waals surface area contributed by atoms with Crippen molar-refractivity contribution in [2.24, 2.45) is 0 Å². The largest absolute Gasteiger partial charge is 0.466 e. The lowest BCUT2D eigenvalue weighted by Crippen LogP contribution is -2.24. The Morgan fingerprint density at radius 2 is 2.22 bits per heavy atom. The van der Waals surface area contributed by atoms with Crippen LogP contribution in [0.1, 0.15) is 5.69 Å². The second-order valence-corrected chi connectivity index (χ2v) is 5.82. The highest BCUT2D eigenvalue weighted by Crippen LogP contribution is 2.31. The van der Waals surface area contributed by atoms with Crippen molar-refractivity contribution < 1.29 is 18.8 Å². The van der Waals surface area contributed by atoms with Crippen LogP contribution in [0.3, 0.4) is 0 Å². The molecule has 2 aromatic rings. The molecule has 2 heterocycles. The summed E-state index contributed by atoms with van der Waals surface area (Å²) >= 11 is 1.30. The molecule has 0 unspecified atom stereocenters. The quantitative estimate of drug-likeness (QED) is 0.633. The van der Waals surface area contributed by atoms with Gasteiger partial charge in [-0.3, -0.25) is 9.69 Å². The van der Waals surface area contributed by atoms with Gasteiger partial charge in [-0.05, 0) is 0 Å². The van der Waals surface area contributed by atoms with Crippen LogP contribution in [0.15, 0.2) is 52.0 Å². The summed E-state index contributed by atoms with van der Waals surface area (Å²) in [7, 11) is 1.30. The van der Waals surface area contributed by atoms with Gasteiger partial charge in [0.1, 0.15) is 5.69 Å². The van der Waals surface area contributed by atoms with Gasteiger partial charge in [-0.15, -0.1) is 0 Å². The molecule has 0 saturated carbocycles. The molecule has 0 atom stereocenters. The lowest BCUT2D eigenvalue weighted by atomic mass is 10.1. The summed E-state index contributed by atoms with van der Waals surface area (Å²) in [6, 6.07) is 11.4. The van der Waals surface area contributed by atoms with Gasteiger partial charge in [0.2, 0.25) is 5.91 Å². The number of carbonyl (C=O) groups is 2. The third kappa shape index (κ3) is 3.45. The number of esters is 1. The molecule has 1 amide bonds. The lowest BCUT2D eigenvalue weighted by Gasteiger charge is -2.14. The van der Waals surface area contributed by atoms with Gasteiger partial charge in [-0.2, -0.15) is 0 Å². The van der Waals surface area contributed by atoms with E-state index in [0.717, 1.165) is 5.56 Å². The first-order chi connectivity index (χ1) is 11.2. The molecular weight excluding hydrogens is 316 g/mol. The Labute approximate surface area is 137 Å². The third-order valence-electron chi connectivity index (χ3n) is 3.29. The Bertz CT molecular complexity index is 754. The molecule has 0 spiro atoms. The summed E-state index contributed by atoms with van der Waals surface area (Å²) < 4.78 is 9.93. The summed E-state index contributed by atoms with van der Waals surface area (Å²) in [5, 5.41) is 4.56. The molecule has 6 nitrogen and oxygen atoms in total. The number of nitrogens with zero attached hydrogens (tertiary/aromatic N) is 2. The van der Waals surface area contributed by atoms with Crippen molar-refractivity contribution >= 4 is 23.6 Å². The van der Waals surface area contributed by atoms with Crippen molar-refractivity contribution in [1.29, 1.82) is 0 Å². The average Bonchev–Trinajstić information content (AvgIpc) is 3.18. The molecule has 0 aliphatic carbocycles. The van der Waals surface area contributed by atoms with E-state index >= 15 is 0 Å². The fraction of sp³-hybridized carbons (Fsp3) is 0.188. The van der Waals surface area contributed by atoms with Crippen LogP contribution >= 0.6 is 11.8 Å². The first kappa shape index (κ1) is 15.4. The van der Waals surface area contributed by atoms with Gasteiger partial charge in [0.15, 0.2) is 5.76 Å². The van der Waals surface area contributed by atoms with Crippen LogP contribution in [0.2, 0.25) is 0 Å². The summed E-state index contributed by atoms with van der Waals surface area (Å²) in [5.41, 5.74) is 1.54. The maximum Gasteiger partial charge on any atom is 0.333 e. The minimum absolute atomic E-state index is 0.0746. The summed E-state index contributed by atoms with van der Waals surface area (Å²) in [4.78, 5) is 24.9. The number of hydrogen-bond acceptors (Lipinski definition) is 6. The van der Waals surface area contributed by atoms with Crippen molar-refractivity contribution in [3.05, 3.63) is 53.2 Å². The van der Waals surface area contributed by atoms with Crippen LogP contribution in [0.5, 0.6) is 0 Å². The molecule has 0 bridgehead atoms. The molecule has 118 valence electrons. The highest BCUT2D eigenvalue weighted by atomic mass is 32.2. The van der Waals surface area contributed by atoms with Crippen molar-refractivity contribution in [3.8, 4) is 11.3 Å². The van der Waals surface area contributed by atoms with Crippen LogP contribution in [0.4, 0.5) is 0 Å². The summed E-state index contributed by atoms with van der Waals surface area (Å²) in [5.74, 6) is 0.372. The molecule has 1 aromatic heterocycles. The highest BCUT2D eigenvalue weighted by Gasteiger charge is 2.28. The molecule has 7 heteroatoms. The number of aromatic nitrogens is 1. The zero-order valence-electron chi connectivity index (χ0n) is 12.4. The second kappa shape index (κ2) is 6.70. The molecule has 1 saturated heterocycles. The topological polar surface area (TPSA) is 72.6 Å². The predicted molar refractivity (Wildman–Crippen MR) is 85.0 cm³/mol. The van der Waals surface area contributed by atoms with E-state index in [-0.39, 0.29) is 12.5 Å². The van der Waals surface area contributed by atoms with Crippen molar-refractivity contribution in [1.82, 2.24) is 10.1 Å². The normalized spacial score (nSPS) is 16.1. The van der Waals surface area contributed by atoms with E-state index in [1.165, 1.54) is 29.8 Å². The molecule has 1 aliphatic rings. The van der Waals surface area contributed by atoms with Crippen LogP contribution in [-0.4, -0.2) is 34.8 Å². The number of methoxy groups -OCH3 is 1. The van der Waals surface area contributed by atoms with Crippen molar-refractivity contribution in [2.75, 3.05) is 12.9 Å². The smallest absolute Gasteiger partial charge is 0.333 e. The van der Waals surface area contributed by atoms with Crippen molar-refractivity contribution in [3.63, 3.8) is 0 Å².